The fourth-order valence-electron chi connectivity index (χ4n) is 5.55. The molecule has 2 amide bonds. The normalized spacial score (nSPS) is 15.2. The minimum atomic E-state index is -1.43. The van der Waals surface area contributed by atoms with Gasteiger partial charge in [-0.15, -0.1) is 11.3 Å². The number of carboxylic acid groups (broad SMARTS) is 2. The van der Waals surface area contributed by atoms with E-state index in [1.807, 2.05) is 87.8 Å². The third-order valence-electron chi connectivity index (χ3n) is 8.65. The van der Waals surface area contributed by atoms with Gasteiger partial charge in [0.05, 0.1) is 11.5 Å². The van der Waals surface area contributed by atoms with Crippen LogP contribution in [-0.2, 0) is 26.2 Å². The molecule has 11 nitrogen and oxygen atoms in total. The third kappa shape index (κ3) is 12.1. The molecule has 0 bridgehead atoms. The summed E-state index contributed by atoms with van der Waals surface area (Å²) in [4.78, 5) is 55.8. The lowest BCUT2D eigenvalue weighted by molar-refractivity contribution is -0.143. The van der Waals surface area contributed by atoms with Crippen molar-refractivity contribution in [3.63, 3.8) is 0 Å². The summed E-state index contributed by atoms with van der Waals surface area (Å²) < 4.78 is 5.89. The van der Waals surface area contributed by atoms with Crippen LogP contribution < -0.4 is 20.7 Å². The first-order chi connectivity index (χ1) is 24.8. The van der Waals surface area contributed by atoms with Gasteiger partial charge in [0.15, 0.2) is 0 Å². The second-order valence-corrected chi connectivity index (χ2v) is 15.0. The number of aliphatic carboxylic acids is 2. The fraction of sp³-hybridized carbons (Fsp3) is 0.425. The first-order valence-corrected chi connectivity index (χ1v) is 18.6. The quantitative estimate of drug-likeness (QED) is 0.0833. The van der Waals surface area contributed by atoms with E-state index < -0.39 is 42.3 Å². The van der Waals surface area contributed by atoms with E-state index in [9.17, 15) is 24.3 Å². The van der Waals surface area contributed by atoms with Gasteiger partial charge in [-0.1, -0.05) is 89.8 Å². The zero-order valence-electron chi connectivity index (χ0n) is 30.3. The van der Waals surface area contributed by atoms with Crippen LogP contribution in [0, 0.1) is 0 Å². The van der Waals surface area contributed by atoms with E-state index in [0.29, 0.717) is 11.5 Å². The number of hydrogen-bond donors (Lipinski definition) is 5. The van der Waals surface area contributed by atoms with E-state index >= 15 is 0 Å². The summed E-state index contributed by atoms with van der Waals surface area (Å²) in [5.41, 5.74) is 3.39. The van der Waals surface area contributed by atoms with Gasteiger partial charge in [0, 0.05) is 35.7 Å². The Hall–Kier alpha value is -4.97. The molecular weight excluding hydrogens is 681 g/mol. The molecule has 1 aliphatic heterocycles. The summed E-state index contributed by atoms with van der Waals surface area (Å²) in [6, 6.07) is 16.4. The highest BCUT2D eigenvalue weighted by Gasteiger charge is 2.29. The Kier molecular flexibility index (Phi) is 14.6. The average Bonchev–Trinajstić information content (AvgIpc) is 3.64. The molecule has 2 aromatic carbocycles. The zero-order chi connectivity index (χ0) is 37.7. The summed E-state index contributed by atoms with van der Waals surface area (Å²) >= 11 is 1.33. The van der Waals surface area contributed by atoms with Crippen LogP contribution in [0.15, 0.2) is 71.9 Å². The van der Waals surface area contributed by atoms with Gasteiger partial charge in [0.25, 0.3) is 5.91 Å². The number of hydrogen-bond acceptors (Lipinski definition) is 8. The molecule has 0 saturated heterocycles. The predicted octanol–water partition coefficient (Wildman–Crippen LogP) is 6.88. The van der Waals surface area contributed by atoms with Crippen molar-refractivity contribution in [1.82, 2.24) is 16.0 Å². The number of unbranched alkanes of at least 4 members (excludes halogenated alkanes) is 4. The lowest BCUT2D eigenvalue weighted by atomic mass is 9.95. The molecule has 4 rings (SSSR count). The van der Waals surface area contributed by atoms with Crippen molar-refractivity contribution >= 4 is 46.9 Å². The maximum absolute atomic E-state index is 13.4. The lowest BCUT2D eigenvalue weighted by Crippen LogP contribution is -2.52. The van der Waals surface area contributed by atoms with E-state index in [4.69, 9.17) is 14.8 Å². The number of aliphatic imine (C=N–C) groups is 1. The van der Waals surface area contributed by atoms with Crippen LogP contribution >= 0.6 is 11.3 Å². The Balaban J connectivity index is 1.39. The molecule has 1 aliphatic rings. The highest BCUT2D eigenvalue weighted by molar-refractivity contribution is 7.14. The summed E-state index contributed by atoms with van der Waals surface area (Å²) in [5.74, 6) is -2.87. The van der Waals surface area contributed by atoms with E-state index in [0.717, 1.165) is 39.3 Å². The molecule has 1 aromatic heterocycles. The van der Waals surface area contributed by atoms with E-state index in [-0.39, 0.29) is 24.4 Å². The molecule has 3 aromatic rings. The van der Waals surface area contributed by atoms with Gasteiger partial charge in [-0.25, -0.2) is 4.79 Å². The Bertz CT molecular complexity index is 1730. The molecule has 0 fully saturated rings. The van der Waals surface area contributed by atoms with Gasteiger partial charge < -0.3 is 30.9 Å². The summed E-state index contributed by atoms with van der Waals surface area (Å²) in [7, 11) is 0. The van der Waals surface area contributed by atoms with Crippen molar-refractivity contribution in [1.29, 1.82) is 0 Å². The van der Waals surface area contributed by atoms with Gasteiger partial charge in [0.2, 0.25) is 5.91 Å². The number of nitrogens with one attached hydrogen (secondary N) is 3. The minimum absolute atomic E-state index is 0.0740. The molecule has 0 aliphatic carbocycles. The first-order valence-electron chi connectivity index (χ1n) is 17.8. The van der Waals surface area contributed by atoms with E-state index in [1.165, 1.54) is 37.0 Å². The molecule has 278 valence electrons. The number of carbonyl (C=O) groups is 4. The van der Waals surface area contributed by atoms with E-state index in [1.54, 1.807) is 6.07 Å². The number of nitrogens with zero attached hydrogens (tertiary/aromatic N) is 1. The number of amides is 2. The van der Waals surface area contributed by atoms with Gasteiger partial charge in [-0.3, -0.25) is 19.4 Å². The predicted molar refractivity (Wildman–Crippen MR) is 204 cm³/mol. The molecule has 2 heterocycles. The number of carboxylic acids is 2. The zero-order valence-corrected chi connectivity index (χ0v) is 31.1. The van der Waals surface area contributed by atoms with Crippen LogP contribution in [-0.4, -0.2) is 58.9 Å². The number of benzene rings is 2. The lowest BCUT2D eigenvalue weighted by Gasteiger charge is -2.22. The molecule has 5 N–H and O–H groups in total. The molecule has 3 atom stereocenters. The van der Waals surface area contributed by atoms with Crippen molar-refractivity contribution in [3.8, 4) is 5.75 Å². The van der Waals surface area contributed by atoms with Crippen LogP contribution in [0.4, 0.5) is 0 Å². The maximum atomic E-state index is 13.4. The smallest absolute Gasteiger partial charge is 0.326 e. The number of allylic oxidation sites excluding steroid dienone is 1. The highest BCUT2D eigenvalue weighted by Crippen LogP contribution is 2.30. The number of carbonyl (C=O) groups excluding carboxylic acids is 2. The molecule has 0 spiro atoms. The van der Waals surface area contributed by atoms with Crippen LogP contribution in [0.1, 0.15) is 110 Å². The Morgan fingerprint density at radius 3 is 2.21 bits per heavy atom. The monoisotopic (exact) mass is 730 g/mol. The van der Waals surface area contributed by atoms with Gasteiger partial charge in [-0.2, -0.15) is 0 Å². The SMILES string of the molecule is CCCCCCCOc1ccc(C2=CNC(c3ccc(C[C@H](NC(=O)c4ccc(C(C)(C)C)s4)C(=O)N[C@H](CCC(=O)O)C(=O)O)cc3)N=C2)cc1. The molecule has 1 unspecified atom stereocenters. The van der Waals surface area contributed by atoms with Crippen molar-refractivity contribution in [3.05, 3.63) is 93.3 Å². The summed E-state index contributed by atoms with van der Waals surface area (Å²) in [5, 5.41) is 27.2. The second kappa shape index (κ2) is 19.0. The Morgan fingerprint density at radius 1 is 0.904 bits per heavy atom. The van der Waals surface area contributed by atoms with Gasteiger partial charge in [0.1, 0.15) is 24.0 Å². The summed E-state index contributed by atoms with van der Waals surface area (Å²) in [6.07, 6.45) is 8.73. The van der Waals surface area contributed by atoms with Crippen molar-refractivity contribution in [2.24, 2.45) is 4.99 Å². The van der Waals surface area contributed by atoms with Crippen molar-refractivity contribution < 1.29 is 34.1 Å². The molecular formula is C40H50N4O7S. The van der Waals surface area contributed by atoms with Crippen LogP contribution in [0.2, 0.25) is 0 Å². The third-order valence-corrected chi connectivity index (χ3v) is 10.2. The molecule has 52 heavy (non-hydrogen) atoms. The highest BCUT2D eigenvalue weighted by atomic mass is 32.1. The molecule has 12 heteroatoms. The van der Waals surface area contributed by atoms with Gasteiger partial charge in [-0.05, 0) is 59.2 Å². The molecule has 0 radical (unpaired) electrons. The fourth-order valence-corrected chi connectivity index (χ4v) is 6.52. The Morgan fingerprint density at radius 2 is 1.62 bits per heavy atom. The Labute approximate surface area is 309 Å². The second-order valence-electron chi connectivity index (χ2n) is 14.0. The van der Waals surface area contributed by atoms with Crippen molar-refractivity contribution in [2.45, 2.75) is 103 Å². The minimum Gasteiger partial charge on any atom is -0.494 e. The summed E-state index contributed by atoms with van der Waals surface area (Å²) in [6.45, 7) is 9.04. The first kappa shape index (κ1) is 39.8. The number of thiophene rings is 1. The largest absolute Gasteiger partial charge is 0.494 e. The van der Waals surface area contributed by atoms with Gasteiger partial charge >= 0.3 is 11.9 Å². The van der Waals surface area contributed by atoms with E-state index in [2.05, 4.69) is 22.9 Å². The van der Waals surface area contributed by atoms with Crippen molar-refractivity contribution in [2.75, 3.05) is 6.61 Å². The van der Waals surface area contributed by atoms with Crippen LogP contribution in [0.3, 0.4) is 0 Å². The average molecular weight is 731 g/mol. The topological polar surface area (TPSA) is 166 Å². The maximum Gasteiger partial charge on any atom is 0.326 e. The number of ether oxygens (including phenoxy) is 1. The van der Waals surface area contributed by atoms with Crippen LogP contribution in [0.5, 0.6) is 5.75 Å². The molecule has 0 saturated carbocycles. The van der Waals surface area contributed by atoms with Crippen LogP contribution in [0.25, 0.3) is 5.57 Å². The standard InChI is InChI=1S/C40H50N4O7S/c1-5-6-7-8-9-22-51-30-16-14-27(15-17-30)29-24-41-36(42-25-29)28-12-10-26(11-13-28)23-32(37(47)43-31(39(49)50)18-21-35(45)46)44-38(48)33-19-20-34(52-33)40(2,3)4/h10-17,19-20,24-25,31-32,36,41H,5-9,18,21-23H2,1-4H3,(H,43,47)(H,44,48)(H,45,46)(H,49,50)/t31-,32+,36?/m1/s1. The number of rotatable bonds is 19.